The van der Waals surface area contributed by atoms with Gasteiger partial charge in [-0.3, -0.25) is 0 Å². The van der Waals surface area contributed by atoms with Gasteiger partial charge in [-0.15, -0.1) is 0 Å². The molecule has 2 N–H and O–H groups in total. The highest BCUT2D eigenvalue weighted by molar-refractivity contribution is 5.09. The number of H-pyrrole nitrogens is 1. The molecule has 1 aromatic heterocycles. The van der Waals surface area contributed by atoms with Gasteiger partial charge in [0.15, 0.2) is 0 Å². The van der Waals surface area contributed by atoms with Gasteiger partial charge in [0.05, 0.1) is 0 Å². The van der Waals surface area contributed by atoms with Crippen molar-refractivity contribution in [3.63, 3.8) is 0 Å². The van der Waals surface area contributed by atoms with Gasteiger partial charge in [-0.1, -0.05) is 0 Å². The van der Waals surface area contributed by atoms with Crippen LogP contribution in [0.15, 0.2) is 6.20 Å². The van der Waals surface area contributed by atoms with Gasteiger partial charge in [0, 0.05) is 24.2 Å². The Kier molecular flexibility index (Phi) is 4.57. The van der Waals surface area contributed by atoms with Gasteiger partial charge < -0.3 is 15.2 Å². The SMILES string of the molecule is CNCCCc1ncc(C2CCN(C)CC2)[nH]1. The smallest absolute Gasteiger partial charge is 0.106 e. The lowest BCUT2D eigenvalue weighted by Gasteiger charge is -2.28. The number of aryl methyl sites for hydroxylation is 1. The van der Waals surface area contributed by atoms with E-state index in [0.29, 0.717) is 5.92 Å². The molecule has 1 aromatic rings. The van der Waals surface area contributed by atoms with Crippen LogP contribution in [0.4, 0.5) is 0 Å². The van der Waals surface area contributed by atoms with Gasteiger partial charge in [0.2, 0.25) is 0 Å². The van der Waals surface area contributed by atoms with Gasteiger partial charge in [0.25, 0.3) is 0 Å². The lowest BCUT2D eigenvalue weighted by atomic mass is 9.94. The van der Waals surface area contributed by atoms with Crippen LogP contribution in [0.3, 0.4) is 0 Å². The molecule has 0 saturated carbocycles. The van der Waals surface area contributed by atoms with E-state index in [0.717, 1.165) is 25.2 Å². The molecular weight excluding hydrogens is 212 g/mol. The van der Waals surface area contributed by atoms with Crippen molar-refractivity contribution in [2.45, 2.75) is 31.6 Å². The molecule has 1 fully saturated rings. The maximum absolute atomic E-state index is 4.49. The quantitative estimate of drug-likeness (QED) is 0.759. The Labute approximate surface area is 104 Å². The maximum atomic E-state index is 4.49. The third kappa shape index (κ3) is 3.54. The highest BCUT2D eigenvalue weighted by Gasteiger charge is 2.19. The van der Waals surface area contributed by atoms with Crippen molar-refractivity contribution in [3.05, 3.63) is 17.7 Å². The van der Waals surface area contributed by atoms with Crippen molar-refractivity contribution in [3.8, 4) is 0 Å². The van der Waals surface area contributed by atoms with E-state index in [9.17, 15) is 0 Å². The highest BCUT2D eigenvalue weighted by atomic mass is 15.1. The zero-order valence-electron chi connectivity index (χ0n) is 11.0. The zero-order valence-corrected chi connectivity index (χ0v) is 11.0. The van der Waals surface area contributed by atoms with Gasteiger partial charge >= 0.3 is 0 Å². The minimum atomic E-state index is 0.691. The van der Waals surface area contributed by atoms with E-state index in [1.807, 2.05) is 13.2 Å². The molecule has 0 unspecified atom stereocenters. The summed E-state index contributed by atoms with van der Waals surface area (Å²) >= 11 is 0. The fourth-order valence-electron chi connectivity index (χ4n) is 2.47. The van der Waals surface area contributed by atoms with Crippen LogP contribution >= 0.6 is 0 Å². The van der Waals surface area contributed by atoms with E-state index in [1.54, 1.807) is 0 Å². The van der Waals surface area contributed by atoms with E-state index < -0.39 is 0 Å². The van der Waals surface area contributed by atoms with Crippen LogP contribution in [-0.4, -0.2) is 48.6 Å². The van der Waals surface area contributed by atoms with Crippen LogP contribution in [0, 0.1) is 0 Å². The summed E-state index contributed by atoms with van der Waals surface area (Å²) in [4.78, 5) is 10.4. The Bertz CT molecular complexity index is 326. The lowest BCUT2D eigenvalue weighted by molar-refractivity contribution is 0.253. The van der Waals surface area contributed by atoms with Crippen molar-refractivity contribution in [2.24, 2.45) is 0 Å². The van der Waals surface area contributed by atoms with Crippen LogP contribution in [0.1, 0.15) is 36.7 Å². The number of likely N-dealkylation sites (tertiary alicyclic amines) is 1. The maximum Gasteiger partial charge on any atom is 0.106 e. The highest BCUT2D eigenvalue weighted by Crippen LogP contribution is 2.25. The minimum Gasteiger partial charge on any atom is -0.346 e. The van der Waals surface area contributed by atoms with E-state index in [-0.39, 0.29) is 0 Å². The second-order valence-corrected chi connectivity index (χ2v) is 5.07. The minimum absolute atomic E-state index is 0.691. The van der Waals surface area contributed by atoms with E-state index in [4.69, 9.17) is 0 Å². The second-order valence-electron chi connectivity index (χ2n) is 5.07. The van der Waals surface area contributed by atoms with E-state index in [2.05, 4.69) is 27.2 Å². The summed E-state index contributed by atoms with van der Waals surface area (Å²) in [7, 11) is 4.19. The molecule has 0 atom stereocenters. The summed E-state index contributed by atoms with van der Waals surface area (Å²) in [5, 5.41) is 3.17. The molecule has 96 valence electrons. The van der Waals surface area contributed by atoms with Gasteiger partial charge in [-0.05, 0) is 53.0 Å². The first-order valence-corrected chi connectivity index (χ1v) is 6.66. The number of rotatable bonds is 5. The predicted octanol–water partition coefficient (Wildman–Crippen LogP) is 1.37. The topological polar surface area (TPSA) is 44.0 Å². The van der Waals surface area contributed by atoms with Crippen LogP contribution in [0.2, 0.25) is 0 Å². The number of aromatic amines is 1. The summed E-state index contributed by atoms with van der Waals surface area (Å²) in [6.07, 6.45) is 6.76. The summed E-state index contributed by atoms with van der Waals surface area (Å²) in [6.45, 7) is 3.47. The third-order valence-electron chi connectivity index (χ3n) is 3.65. The van der Waals surface area contributed by atoms with Crippen molar-refractivity contribution in [1.82, 2.24) is 20.2 Å². The first kappa shape index (κ1) is 12.6. The number of aromatic nitrogens is 2. The monoisotopic (exact) mass is 236 g/mol. The zero-order chi connectivity index (χ0) is 12.1. The molecule has 0 aromatic carbocycles. The molecule has 0 amide bonds. The average molecular weight is 236 g/mol. The molecule has 1 aliphatic rings. The van der Waals surface area contributed by atoms with Crippen LogP contribution in [0.5, 0.6) is 0 Å². The molecule has 17 heavy (non-hydrogen) atoms. The summed E-state index contributed by atoms with van der Waals surface area (Å²) in [5.74, 6) is 1.84. The Morgan fingerprint density at radius 3 is 2.94 bits per heavy atom. The first-order valence-electron chi connectivity index (χ1n) is 6.66. The number of nitrogens with zero attached hydrogens (tertiary/aromatic N) is 2. The summed E-state index contributed by atoms with van der Waals surface area (Å²) in [5.41, 5.74) is 1.34. The standard InChI is InChI=1S/C13H24N4/c1-14-7-3-4-13-15-10-12(16-13)11-5-8-17(2)9-6-11/h10-11,14H,3-9H2,1-2H3,(H,15,16). The number of nitrogens with one attached hydrogen (secondary N) is 2. The molecular formula is C13H24N4. The van der Waals surface area contributed by atoms with Gasteiger partial charge in [-0.2, -0.15) is 0 Å². The molecule has 4 heteroatoms. The normalized spacial score (nSPS) is 18.7. The first-order chi connectivity index (χ1) is 8.29. The second kappa shape index (κ2) is 6.17. The Hall–Kier alpha value is -0.870. The van der Waals surface area contributed by atoms with Gasteiger partial charge in [-0.25, -0.2) is 4.98 Å². The molecule has 0 bridgehead atoms. The number of imidazole rings is 1. The van der Waals surface area contributed by atoms with Crippen molar-refractivity contribution in [2.75, 3.05) is 33.7 Å². The van der Waals surface area contributed by atoms with E-state index in [1.165, 1.54) is 31.6 Å². The van der Waals surface area contributed by atoms with Crippen molar-refractivity contribution >= 4 is 0 Å². The lowest BCUT2D eigenvalue weighted by Crippen LogP contribution is -2.29. The summed E-state index contributed by atoms with van der Waals surface area (Å²) in [6, 6.07) is 0. The van der Waals surface area contributed by atoms with Crippen LogP contribution < -0.4 is 5.32 Å². The molecule has 0 spiro atoms. The number of hydrogen-bond donors (Lipinski definition) is 2. The third-order valence-corrected chi connectivity index (χ3v) is 3.65. The molecule has 1 saturated heterocycles. The fourth-order valence-corrected chi connectivity index (χ4v) is 2.47. The van der Waals surface area contributed by atoms with E-state index >= 15 is 0 Å². The Morgan fingerprint density at radius 2 is 2.24 bits per heavy atom. The summed E-state index contributed by atoms with van der Waals surface area (Å²) < 4.78 is 0. The largest absolute Gasteiger partial charge is 0.346 e. The average Bonchev–Trinajstić information content (AvgIpc) is 2.79. The molecule has 2 rings (SSSR count). The Morgan fingerprint density at radius 1 is 1.47 bits per heavy atom. The fraction of sp³-hybridized carbons (Fsp3) is 0.769. The molecule has 0 aliphatic carbocycles. The van der Waals surface area contributed by atoms with Crippen LogP contribution in [0.25, 0.3) is 0 Å². The molecule has 4 nitrogen and oxygen atoms in total. The number of hydrogen-bond acceptors (Lipinski definition) is 3. The Balaban J connectivity index is 1.85. The van der Waals surface area contributed by atoms with Gasteiger partial charge in [0.1, 0.15) is 5.82 Å². The predicted molar refractivity (Wildman–Crippen MR) is 70.3 cm³/mol. The van der Waals surface area contributed by atoms with Crippen molar-refractivity contribution < 1.29 is 0 Å². The molecule has 1 aliphatic heterocycles. The molecule has 2 heterocycles. The van der Waals surface area contributed by atoms with Crippen LogP contribution in [-0.2, 0) is 6.42 Å². The van der Waals surface area contributed by atoms with Crippen molar-refractivity contribution in [1.29, 1.82) is 0 Å². The number of piperidine rings is 1. The molecule has 0 radical (unpaired) electrons.